The Hall–Kier alpha value is -1.97. The van der Waals surface area contributed by atoms with Gasteiger partial charge in [0.25, 0.3) is 5.56 Å². The molecule has 2 rings (SSSR count). The molecule has 4 heteroatoms. The summed E-state index contributed by atoms with van der Waals surface area (Å²) < 4.78 is 0. The molecule has 17 heavy (non-hydrogen) atoms. The van der Waals surface area contributed by atoms with Gasteiger partial charge < -0.3 is 4.98 Å². The molecule has 0 unspecified atom stereocenters. The van der Waals surface area contributed by atoms with E-state index < -0.39 is 0 Å². The Morgan fingerprint density at radius 3 is 2.41 bits per heavy atom. The molecule has 0 fully saturated rings. The lowest BCUT2D eigenvalue weighted by molar-refractivity contribution is 0.543. The van der Waals surface area contributed by atoms with Crippen LogP contribution in [0.1, 0.15) is 26.6 Å². The molecule has 2 aromatic heterocycles. The van der Waals surface area contributed by atoms with Crippen molar-refractivity contribution in [3.8, 4) is 11.3 Å². The standard InChI is InChI=1S/C13H15N3O/c1-13(2,3)12-15-10(8-11(17)16-12)9-4-6-14-7-5-9/h4-8H,1-3H3,(H,15,16,17). The summed E-state index contributed by atoms with van der Waals surface area (Å²) in [5.41, 5.74) is 1.27. The molecule has 2 heterocycles. The van der Waals surface area contributed by atoms with E-state index in [1.165, 1.54) is 6.07 Å². The number of H-pyrrole nitrogens is 1. The predicted octanol–water partition coefficient (Wildman–Crippen LogP) is 2.13. The van der Waals surface area contributed by atoms with Crippen LogP contribution in [0.3, 0.4) is 0 Å². The molecule has 0 aromatic carbocycles. The molecule has 0 atom stereocenters. The zero-order chi connectivity index (χ0) is 12.5. The Morgan fingerprint density at radius 1 is 1.18 bits per heavy atom. The summed E-state index contributed by atoms with van der Waals surface area (Å²) in [4.78, 5) is 22.8. The van der Waals surface area contributed by atoms with Crippen LogP contribution in [0.25, 0.3) is 11.3 Å². The van der Waals surface area contributed by atoms with Crippen LogP contribution in [-0.2, 0) is 5.41 Å². The number of nitrogens with one attached hydrogen (secondary N) is 1. The maximum atomic E-state index is 11.6. The first-order valence-electron chi connectivity index (χ1n) is 5.49. The van der Waals surface area contributed by atoms with Crippen molar-refractivity contribution in [2.24, 2.45) is 0 Å². The lowest BCUT2D eigenvalue weighted by Crippen LogP contribution is -2.21. The SMILES string of the molecule is CC(C)(C)c1nc(-c2ccncc2)cc(=O)[nH]1. The van der Waals surface area contributed by atoms with E-state index >= 15 is 0 Å². The summed E-state index contributed by atoms with van der Waals surface area (Å²) >= 11 is 0. The van der Waals surface area contributed by atoms with Gasteiger partial charge in [0.15, 0.2) is 0 Å². The molecule has 0 bridgehead atoms. The zero-order valence-electron chi connectivity index (χ0n) is 10.2. The molecule has 2 aromatic rings. The van der Waals surface area contributed by atoms with Crippen LogP contribution in [0.15, 0.2) is 35.4 Å². The van der Waals surface area contributed by atoms with E-state index in [0.29, 0.717) is 11.5 Å². The number of aromatic nitrogens is 3. The molecule has 0 amide bonds. The van der Waals surface area contributed by atoms with Gasteiger partial charge in [0.2, 0.25) is 0 Å². The van der Waals surface area contributed by atoms with Crippen molar-refractivity contribution in [2.75, 3.05) is 0 Å². The lowest BCUT2D eigenvalue weighted by atomic mass is 9.95. The van der Waals surface area contributed by atoms with E-state index in [-0.39, 0.29) is 11.0 Å². The van der Waals surface area contributed by atoms with Gasteiger partial charge in [0, 0.05) is 29.4 Å². The quantitative estimate of drug-likeness (QED) is 0.815. The maximum absolute atomic E-state index is 11.6. The fourth-order valence-electron chi connectivity index (χ4n) is 1.48. The Balaban J connectivity index is 2.58. The summed E-state index contributed by atoms with van der Waals surface area (Å²) in [6, 6.07) is 5.19. The molecule has 0 aliphatic rings. The largest absolute Gasteiger partial charge is 0.310 e. The average Bonchev–Trinajstić information content (AvgIpc) is 2.28. The zero-order valence-corrected chi connectivity index (χ0v) is 10.2. The van der Waals surface area contributed by atoms with Gasteiger partial charge in [-0.05, 0) is 12.1 Å². The third kappa shape index (κ3) is 2.58. The fraction of sp³-hybridized carbons (Fsp3) is 0.308. The highest BCUT2D eigenvalue weighted by atomic mass is 16.1. The van der Waals surface area contributed by atoms with Crippen molar-refractivity contribution in [3.63, 3.8) is 0 Å². The van der Waals surface area contributed by atoms with Crippen molar-refractivity contribution in [1.29, 1.82) is 0 Å². The molecule has 4 nitrogen and oxygen atoms in total. The number of pyridine rings is 1. The Bertz CT molecular complexity index is 567. The van der Waals surface area contributed by atoms with Gasteiger partial charge in [-0.15, -0.1) is 0 Å². The second-order valence-electron chi connectivity index (χ2n) is 4.97. The van der Waals surface area contributed by atoms with Crippen LogP contribution in [-0.4, -0.2) is 15.0 Å². The number of rotatable bonds is 1. The molecule has 0 aliphatic heterocycles. The monoisotopic (exact) mass is 229 g/mol. The first-order chi connectivity index (χ1) is 7.97. The van der Waals surface area contributed by atoms with E-state index in [1.807, 2.05) is 32.9 Å². The minimum Gasteiger partial charge on any atom is -0.310 e. The molecule has 88 valence electrons. The van der Waals surface area contributed by atoms with Gasteiger partial charge in [0.05, 0.1) is 5.69 Å². The average molecular weight is 229 g/mol. The molecule has 0 saturated heterocycles. The summed E-state index contributed by atoms with van der Waals surface area (Å²) in [5.74, 6) is 0.691. The summed E-state index contributed by atoms with van der Waals surface area (Å²) in [6.45, 7) is 6.05. The number of aromatic amines is 1. The topological polar surface area (TPSA) is 58.6 Å². The van der Waals surface area contributed by atoms with E-state index in [2.05, 4.69) is 15.0 Å². The Labute approximate surface area is 99.8 Å². The molecular formula is C13H15N3O. The van der Waals surface area contributed by atoms with Crippen LogP contribution in [0, 0.1) is 0 Å². The normalized spacial score (nSPS) is 11.5. The third-order valence-corrected chi connectivity index (χ3v) is 2.43. The number of hydrogen-bond donors (Lipinski definition) is 1. The second kappa shape index (κ2) is 4.13. The predicted molar refractivity (Wildman–Crippen MR) is 66.8 cm³/mol. The van der Waals surface area contributed by atoms with E-state index in [9.17, 15) is 4.79 Å². The first-order valence-corrected chi connectivity index (χ1v) is 5.49. The second-order valence-corrected chi connectivity index (χ2v) is 4.97. The number of nitrogens with zero attached hydrogens (tertiary/aromatic N) is 2. The molecule has 0 saturated carbocycles. The lowest BCUT2D eigenvalue weighted by Gasteiger charge is -2.17. The highest BCUT2D eigenvalue weighted by Crippen LogP contribution is 2.20. The van der Waals surface area contributed by atoms with E-state index in [0.717, 1.165) is 5.56 Å². The highest BCUT2D eigenvalue weighted by molar-refractivity contribution is 5.57. The summed E-state index contributed by atoms with van der Waals surface area (Å²) in [6.07, 6.45) is 3.38. The maximum Gasteiger partial charge on any atom is 0.251 e. The Kier molecular flexibility index (Phi) is 2.79. The molecule has 1 N–H and O–H groups in total. The van der Waals surface area contributed by atoms with Crippen molar-refractivity contribution < 1.29 is 0 Å². The van der Waals surface area contributed by atoms with E-state index in [1.54, 1.807) is 12.4 Å². The van der Waals surface area contributed by atoms with Gasteiger partial charge >= 0.3 is 0 Å². The molecule has 0 radical (unpaired) electrons. The van der Waals surface area contributed by atoms with Crippen molar-refractivity contribution >= 4 is 0 Å². The number of hydrogen-bond acceptors (Lipinski definition) is 3. The van der Waals surface area contributed by atoms with Crippen LogP contribution in [0.5, 0.6) is 0 Å². The van der Waals surface area contributed by atoms with Gasteiger partial charge in [0.1, 0.15) is 5.82 Å². The van der Waals surface area contributed by atoms with Crippen LogP contribution < -0.4 is 5.56 Å². The van der Waals surface area contributed by atoms with E-state index in [4.69, 9.17) is 0 Å². The highest BCUT2D eigenvalue weighted by Gasteiger charge is 2.17. The van der Waals surface area contributed by atoms with Crippen molar-refractivity contribution in [2.45, 2.75) is 26.2 Å². The summed E-state index contributed by atoms with van der Waals surface area (Å²) in [7, 11) is 0. The van der Waals surface area contributed by atoms with Crippen LogP contribution >= 0.6 is 0 Å². The molecular weight excluding hydrogens is 214 g/mol. The van der Waals surface area contributed by atoms with Gasteiger partial charge in [-0.2, -0.15) is 0 Å². The minimum absolute atomic E-state index is 0.128. The van der Waals surface area contributed by atoms with Crippen LogP contribution in [0.4, 0.5) is 0 Å². The van der Waals surface area contributed by atoms with Crippen molar-refractivity contribution in [3.05, 3.63) is 46.8 Å². The van der Waals surface area contributed by atoms with Gasteiger partial charge in [-0.3, -0.25) is 9.78 Å². The van der Waals surface area contributed by atoms with Crippen LogP contribution in [0.2, 0.25) is 0 Å². The molecule has 0 aliphatic carbocycles. The van der Waals surface area contributed by atoms with Gasteiger partial charge in [-0.1, -0.05) is 20.8 Å². The smallest absolute Gasteiger partial charge is 0.251 e. The first kappa shape index (κ1) is 11.5. The fourth-order valence-corrected chi connectivity index (χ4v) is 1.48. The van der Waals surface area contributed by atoms with Gasteiger partial charge in [-0.25, -0.2) is 4.98 Å². The van der Waals surface area contributed by atoms with Crippen molar-refractivity contribution in [1.82, 2.24) is 15.0 Å². The summed E-state index contributed by atoms with van der Waals surface area (Å²) in [5, 5.41) is 0. The Morgan fingerprint density at radius 2 is 1.82 bits per heavy atom. The minimum atomic E-state index is -0.178. The third-order valence-electron chi connectivity index (χ3n) is 2.43. The molecule has 0 spiro atoms.